The van der Waals surface area contributed by atoms with Gasteiger partial charge in [-0.05, 0) is 62.0 Å². The van der Waals surface area contributed by atoms with Gasteiger partial charge in [-0.25, -0.2) is 0 Å². The summed E-state index contributed by atoms with van der Waals surface area (Å²) < 4.78 is 1.03. The average Bonchev–Trinajstić information content (AvgIpc) is 2.50. The van der Waals surface area contributed by atoms with Crippen molar-refractivity contribution in [1.29, 1.82) is 0 Å². The molecule has 122 valence electrons. The maximum absolute atomic E-state index is 10.5. The first-order valence-corrected chi connectivity index (χ1v) is 8.86. The summed E-state index contributed by atoms with van der Waals surface area (Å²) in [7, 11) is 0. The second-order valence-electron chi connectivity index (χ2n) is 4.39. The molecule has 0 aliphatic rings. The number of rotatable bonds is 3. The number of nitro benzene ring substituents is 2. The van der Waals surface area contributed by atoms with Gasteiger partial charge in [-0.2, -0.15) is 0 Å². The molecule has 0 bridgehead atoms. The van der Waals surface area contributed by atoms with Gasteiger partial charge in [0.05, 0.1) is 18.8 Å². The minimum absolute atomic E-state index is 0.104. The molecule has 23 heavy (non-hydrogen) atoms. The fourth-order valence-corrected chi connectivity index (χ4v) is 2.68. The number of aryl methyl sites for hydroxylation is 1. The summed E-state index contributed by atoms with van der Waals surface area (Å²) in [5.41, 5.74) is 2.00. The van der Waals surface area contributed by atoms with Gasteiger partial charge in [-0.15, -0.1) is 0 Å². The second-order valence-corrected chi connectivity index (χ2v) is 6.66. The van der Waals surface area contributed by atoms with E-state index in [1.54, 1.807) is 18.2 Å². The minimum atomic E-state index is -0.407. The third-order valence-corrected chi connectivity index (χ3v) is 4.65. The second kappa shape index (κ2) is 9.09. The van der Waals surface area contributed by atoms with Crippen molar-refractivity contribution in [2.24, 2.45) is 0 Å². The Labute approximate surface area is 157 Å². The van der Waals surface area contributed by atoms with E-state index in [4.69, 9.17) is 0 Å². The third kappa shape index (κ3) is 6.00. The Morgan fingerprint density at radius 1 is 0.913 bits per heavy atom. The Balaban J connectivity index is 0.000000231. The first-order valence-electron chi connectivity index (χ1n) is 6.15. The maximum atomic E-state index is 10.5. The number of alkyl halides is 1. The molecule has 0 aromatic heterocycles. The van der Waals surface area contributed by atoms with E-state index in [2.05, 4.69) is 47.8 Å². The summed E-state index contributed by atoms with van der Waals surface area (Å²) in [6, 6.07) is 10.1. The summed E-state index contributed by atoms with van der Waals surface area (Å²) in [5, 5.41) is 21.4. The Hall–Kier alpha value is -1.32. The quantitative estimate of drug-likeness (QED) is 0.291. The molecule has 0 radical (unpaired) electrons. The van der Waals surface area contributed by atoms with Crippen LogP contribution in [0.5, 0.6) is 0 Å². The lowest BCUT2D eigenvalue weighted by Gasteiger charge is -1.97. The highest BCUT2D eigenvalue weighted by Crippen LogP contribution is 2.26. The topological polar surface area (TPSA) is 86.3 Å². The van der Waals surface area contributed by atoms with Gasteiger partial charge in [0.15, 0.2) is 0 Å². The molecule has 0 aliphatic heterocycles. The molecule has 2 aromatic rings. The first-order chi connectivity index (χ1) is 10.8. The van der Waals surface area contributed by atoms with E-state index in [1.165, 1.54) is 6.07 Å². The van der Waals surface area contributed by atoms with Crippen LogP contribution >= 0.6 is 47.8 Å². The fraction of sp³-hybridized carbons (Fsp3) is 0.143. The molecule has 6 nitrogen and oxygen atoms in total. The highest BCUT2D eigenvalue weighted by atomic mass is 79.9. The molecule has 0 aliphatic carbocycles. The number of nitro groups is 2. The molecule has 9 heteroatoms. The van der Waals surface area contributed by atoms with E-state index in [0.29, 0.717) is 14.3 Å². The molecule has 2 rings (SSSR count). The largest absolute Gasteiger partial charge is 0.283 e. The van der Waals surface area contributed by atoms with Crippen molar-refractivity contribution in [3.8, 4) is 0 Å². The number of hydrogen-bond donors (Lipinski definition) is 0. The predicted octanol–water partition coefficient (Wildman–Crippen LogP) is 5.92. The molecular weight excluding hydrogens is 500 g/mol. The van der Waals surface area contributed by atoms with Crippen LogP contribution in [0, 0.1) is 27.2 Å². The minimum Gasteiger partial charge on any atom is -0.258 e. The zero-order valence-electron chi connectivity index (χ0n) is 11.8. The summed E-state index contributed by atoms with van der Waals surface area (Å²) in [4.78, 5) is 20.0. The maximum Gasteiger partial charge on any atom is 0.283 e. The van der Waals surface area contributed by atoms with Gasteiger partial charge in [0.1, 0.15) is 0 Å². The lowest BCUT2D eigenvalue weighted by molar-refractivity contribution is -0.385. The van der Waals surface area contributed by atoms with Crippen LogP contribution in [0.4, 0.5) is 11.4 Å². The normalized spacial score (nSPS) is 9.74. The van der Waals surface area contributed by atoms with Crippen molar-refractivity contribution in [1.82, 2.24) is 0 Å². The molecule has 0 fully saturated rings. The van der Waals surface area contributed by atoms with Gasteiger partial charge in [0.25, 0.3) is 11.4 Å². The van der Waals surface area contributed by atoms with Gasteiger partial charge >= 0.3 is 0 Å². The first kappa shape index (κ1) is 19.7. The van der Waals surface area contributed by atoms with Gasteiger partial charge in [-0.1, -0.05) is 28.1 Å². The number of hydrogen-bond acceptors (Lipinski definition) is 4. The molecule has 0 saturated heterocycles. The molecule has 0 amide bonds. The van der Waals surface area contributed by atoms with Crippen molar-refractivity contribution in [2.45, 2.75) is 12.3 Å². The van der Waals surface area contributed by atoms with Crippen LogP contribution in [0.2, 0.25) is 0 Å². The molecule has 0 saturated carbocycles. The van der Waals surface area contributed by atoms with Crippen LogP contribution in [-0.4, -0.2) is 9.85 Å². The highest BCUT2D eigenvalue weighted by Gasteiger charge is 2.11. The Morgan fingerprint density at radius 2 is 1.39 bits per heavy atom. The fourth-order valence-electron chi connectivity index (χ4n) is 1.54. The molecule has 2 aromatic carbocycles. The van der Waals surface area contributed by atoms with E-state index in [9.17, 15) is 20.2 Å². The molecule has 0 spiro atoms. The molecule has 0 atom stereocenters. The smallest absolute Gasteiger partial charge is 0.258 e. The van der Waals surface area contributed by atoms with Crippen molar-refractivity contribution in [2.75, 3.05) is 0 Å². The van der Waals surface area contributed by atoms with Crippen LogP contribution in [0.25, 0.3) is 0 Å². The van der Waals surface area contributed by atoms with Gasteiger partial charge < -0.3 is 0 Å². The SMILES string of the molecule is Cc1ccc(Br)c([N+](=O)[O-])c1.O=[N+]([O-])c1cc(CBr)ccc1Br. The zero-order chi connectivity index (χ0) is 17.6. The van der Waals surface area contributed by atoms with Crippen molar-refractivity contribution >= 4 is 59.2 Å². The van der Waals surface area contributed by atoms with Crippen LogP contribution in [0.3, 0.4) is 0 Å². The molecular formula is C14H11Br3N2O4. The van der Waals surface area contributed by atoms with Crippen LogP contribution < -0.4 is 0 Å². The van der Waals surface area contributed by atoms with Gasteiger partial charge in [0.2, 0.25) is 0 Å². The summed E-state index contributed by atoms with van der Waals surface area (Å²) in [5.74, 6) is 0. The van der Waals surface area contributed by atoms with Crippen LogP contribution in [0.15, 0.2) is 45.3 Å². The van der Waals surface area contributed by atoms with E-state index in [1.807, 2.05) is 19.1 Å². The average molecular weight is 511 g/mol. The van der Waals surface area contributed by atoms with Crippen molar-refractivity contribution < 1.29 is 9.85 Å². The van der Waals surface area contributed by atoms with E-state index in [0.717, 1.165) is 11.1 Å². The van der Waals surface area contributed by atoms with Crippen molar-refractivity contribution in [3.63, 3.8) is 0 Å². The molecule has 0 N–H and O–H groups in total. The number of halogens is 3. The Kier molecular flexibility index (Phi) is 7.80. The lowest BCUT2D eigenvalue weighted by atomic mass is 10.2. The zero-order valence-corrected chi connectivity index (χ0v) is 16.6. The summed E-state index contributed by atoms with van der Waals surface area (Å²) in [6.07, 6.45) is 0. The van der Waals surface area contributed by atoms with E-state index >= 15 is 0 Å². The molecule has 0 unspecified atom stereocenters. The monoisotopic (exact) mass is 508 g/mol. The summed E-state index contributed by atoms with van der Waals surface area (Å²) in [6.45, 7) is 1.82. The lowest BCUT2D eigenvalue weighted by Crippen LogP contribution is -1.90. The number of nitrogens with zero attached hydrogens (tertiary/aromatic N) is 2. The Morgan fingerprint density at radius 3 is 1.83 bits per heavy atom. The van der Waals surface area contributed by atoms with Gasteiger partial charge in [-0.3, -0.25) is 20.2 Å². The Bertz CT molecular complexity index is 738. The summed E-state index contributed by atoms with van der Waals surface area (Å²) >= 11 is 9.42. The van der Waals surface area contributed by atoms with Crippen LogP contribution in [-0.2, 0) is 5.33 Å². The highest BCUT2D eigenvalue weighted by molar-refractivity contribution is 9.11. The third-order valence-electron chi connectivity index (χ3n) is 2.66. The van der Waals surface area contributed by atoms with E-state index < -0.39 is 9.85 Å². The van der Waals surface area contributed by atoms with Crippen LogP contribution in [0.1, 0.15) is 11.1 Å². The van der Waals surface area contributed by atoms with Gasteiger partial charge in [0, 0.05) is 17.5 Å². The van der Waals surface area contributed by atoms with E-state index in [-0.39, 0.29) is 11.4 Å². The standard InChI is InChI=1S/C7H5Br2NO2.C7H6BrNO2/c8-4-5-1-2-6(9)7(3-5)10(11)12;1-5-2-3-6(8)7(4-5)9(10)11/h1-3H,4H2;2-4H,1H3. The predicted molar refractivity (Wildman–Crippen MR) is 99.0 cm³/mol. The molecule has 0 heterocycles. The number of benzene rings is 2. The van der Waals surface area contributed by atoms with Crippen molar-refractivity contribution in [3.05, 3.63) is 76.7 Å².